The first-order chi connectivity index (χ1) is 11.0. The van der Waals surface area contributed by atoms with E-state index in [1.165, 1.54) is 0 Å². The number of carbonyl (C=O) groups is 2. The van der Waals surface area contributed by atoms with Gasteiger partial charge in [-0.25, -0.2) is 9.59 Å². The highest BCUT2D eigenvalue weighted by Gasteiger charge is 2.36. The normalized spacial score (nSPS) is 11.3. The molecular weight excluding hydrogens is 300 g/mol. The highest BCUT2D eigenvalue weighted by atomic mass is 17.1. The van der Waals surface area contributed by atoms with Crippen molar-refractivity contribution in [1.82, 2.24) is 0 Å². The monoisotopic (exact) mass is 332 g/mol. The molecule has 0 fully saturated rings. The van der Waals surface area contributed by atoms with E-state index in [0.717, 1.165) is 51.4 Å². The van der Waals surface area contributed by atoms with E-state index in [0.29, 0.717) is 12.8 Å². The molecule has 0 aromatic rings. The summed E-state index contributed by atoms with van der Waals surface area (Å²) < 4.78 is 0. The molecule has 136 valence electrons. The first kappa shape index (κ1) is 21.9. The van der Waals surface area contributed by atoms with Crippen LogP contribution in [0.2, 0.25) is 0 Å². The standard InChI is InChI=1S/C17H32O6/c1-3-5-7-9-11-17(13-15(18)22-20,14-16(19)23-21)12-10-8-6-4-2/h20-21H,3-14H2,1-2H3. The van der Waals surface area contributed by atoms with Gasteiger partial charge in [0.05, 0.1) is 12.8 Å². The van der Waals surface area contributed by atoms with Crippen molar-refractivity contribution in [3.63, 3.8) is 0 Å². The van der Waals surface area contributed by atoms with Gasteiger partial charge in [-0.1, -0.05) is 65.2 Å². The van der Waals surface area contributed by atoms with Gasteiger partial charge in [0.1, 0.15) is 0 Å². The molecule has 0 aliphatic rings. The van der Waals surface area contributed by atoms with Crippen molar-refractivity contribution >= 4 is 11.9 Å². The van der Waals surface area contributed by atoms with Crippen molar-refractivity contribution in [3.8, 4) is 0 Å². The number of rotatable bonds is 14. The summed E-state index contributed by atoms with van der Waals surface area (Å²) in [5.74, 6) is -1.50. The lowest BCUT2D eigenvalue weighted by atomic mass is 9.72. The molecule has 0 aromatic heterocycles. The Morgan fingerprint density at radius 3 is 1.43 bits per heavy atom. The second kappa shape index (κ2) is 13.3. The summed E-state index contributed by atoms with van der Waals surface area (Å²) in [6, 6.07) is 0. The maximum absolute atomic E-state index is 11.6. The summed E-state index contributed by atoms with van der Waals surface area (Å²) in [6.45, 7) is 4.23. The zero-order chi connectivity index (χ0) is 17.6. The Labute approximate surface area is 139 Å². The van der Waals surface area contributed by atoms with Crippen molar-refractivity contribution in [3.05, 3.63) is 0 Å². The van der Waals surface area contributed by atoms with Crippen LogP contribution in [0, 0.1) is 5.41 Å². The molecule has 0 radical (unpaired) electrons. The summed E-state index contributed by atoms with van der Waals surface area (Å²) in [7, 11) is 0. The summed E-state index contributed by atoms with van der Waals surface area (Å²) >= 11 is 0. The molecule has 6 nitrogen and oxygen atoms in total. The van der Waals surface area contributed by atoms with Crippen LogP contribution in [-0.2, 0) is 19.4 Å². The van der Waals surface area contributed by atoms with E-state index < -0.39 is 17.4 Å². The SMILES string of the molecule is CCCCCCC(CCCCCC)(CC(=O)OO)CC(=O)OO. The molecule has 0 amide bonds. The van der Waals surface area contributed by atoms with Gasteiger partial charge in [0.2, 0.25) is 0 Å². The number of hydrogen-bond acceptors (Lipinski definition) is 6. The van der Waals surface area contributed by atoms with Crippen molar-refractivity contribution in [2.24, 2.45) is 5.41 Å². The van der Waals surface area contributed by atoms with Gasteiger partial charge in [0, 0.05) is 0 Å². The Balaban J connectivity index is 4.91. The van der Waals surface area contributed by atoms with Gasteiger partial charge >= 0.3 is 11.9 Å². The van der Waals surface area contributed by atoms with Crippen molar-refractivity contribution in [2.75, 3.05) is 0 Å². The van der Waals surface area contributed by atoms with E-state index in [1.54, 1.807) is 0 Å². The fourth-order valence-corrected chi connectivity index (χ4v) is 3.07. The predicted molar refractivity (Wildman–Crippen MR) is 86.6 cm³/mol. The topological polar surface area (TPSA) is 93.1 Å². The number of carbonyl (C=O) groups excluding carboxylic acids is 2. The minimum atomic E-state index is -0.748. The first-order valence-corrected chi connectivity index (χ1v) is 8.72. The van der Waals surface area contributed by atoms with Crippen molar-refractivity contribution < 1.29 is 29.9 Å². The molecule has 0 saturated carbocycles. The van der Waals surface area contributed by atoms with E-state index in [1.807, 2.05) is 0 Å². The van der Waals surface area contributed by atoms with Crippen LogP contribution >= 0.6 is 0 Å². The average molecular weight is 332 g/mol. The van der Waals surface area contributed by atoms with Crippen LogP contribution in [0.3, 0.4) is 0 Å². The van der Waals surface area contributed by atoms with E-state index in [-0.39, 0.29) is 12.8 Å². The predicted octanol–water partition coefficient (Wildman–Crippen LogP) is 4.73. The Morgan fingerprint density at radius 2 is 1.13 bits per heavy atom. The molecule has 0 aromatic carbocycles. The van der Waals surface area contributed by atoms with Gasteiger partial charge in [-0.2, -0.15) is 10.5 Å². The molecule has 0 aliphatic heterocycles. The molecular formula is C17H32O6. The van der Waals surface area contributed by atoms with Crippen LogP contribution in [0.15, 0.2) is 0 Å². The lowest BCUT2D eigenvalue weighted by Crippen LogP contribution is -2.29. The van der Waals surface area contributed by atoms with Crippen LogP contribution in [0.4, 0.5) is 0 Å². The highest BCUT2D eigenvalue weighted by Crippen LogP contribution is 2.39. The molecule has 23 heavy (non-hydrogen) atoms. The Kier molecular flexibility index (Phi) is 12.7. The molecule has 0 bridgehead atoms. The van der Waals surface area contributed by atoms with Crippen LogP contribution in [0.25, 0.3) is 0 Å². The second-order valence-corrected chi connectivity index (χ2v) is 6.40. The minimum absolute atomic E-state index is 0.0448. The second-order valence-electron chi connectivity index (χ2n) is 6.40. The van der Waals surface area contributed by atoms with E-state index in [9.17, 15) is 9.59 Å². The molecule has 0 atom stereocenters. The van der Waals surface area contributed by atoms with E-state index >= 15 is 0 Å². The summed E-state index contributed by atoms with van der Waals surface area (Å²) in [5, 5.41) is 17.2. The summed E-state index contributed by atoms with van der Waals surface area (Å²) in [5.41, 5.74) is -0.624. The summed E-state index contributed by atoms with van der Waals surface area (Å²) in [6.07, 6.45) is 9.47. The van der Waals surface area contributed by atoms with Crippen LogP contribution in [-0.4, -0.2) is 22.5 Å². The Morgan fingerprint density at radius 1 is 0.739 bits per heavy atom. The van der Waals surface area contributed by atoms with Gasteiger partial charge in [0.25, 0.3) is 0 Å². The first-order valence-electron chi connectivity index (χ1n) is 8.72. The lowest BCUT2D eigenvalue weighted by Gasteiger charge is -2.31. The zero-order valence-electron chi connectivity index (χ0n) is 14.5. The molecule has 0 unspecified atom stereocenters. The third-order valence-electron chi connectivity index (χ3n) is 4.36. The molecule has 0 rings (SSSR count). The summed E-state index contributed by atoms with van der Waals surface area (Å²) in [4.78, 5) is 30.8. The van der Waals surface area contributed by atoms with Crippen LogP contribution < -0.4 is 0 Å². The number of unbranched alkanes of at least 4 members (excludes halogenated alkanes) is 6. The van der Waals surface area contributed by atoms with Crippen molar-refractivity contribution in [2.45, 2.75) is 90.9 Å². The minimum Gasteiger partial charge on any atom is -0.301 e. The molecule has 0 heterocycles. The molecule has 0 spiro atoms. The van der Waals surface area contributed by atoms with Gasteiger partial charge in [-0.05, 0) is 18.3 Å². The van der Waals surface area contributed by atoms with Crippen LogP contribution in [0.1, 0.15) is 90.9 Å². The molecule has 0 aliphatic carbocycles. The molecule has 0 saturated heterocycles. The third kappa shape index (κ3) is 10.3. The van der Waals surface area contributed by atoms with Gasteiger partial charge < -0.3 is 9.78 Å². The number of hydrogen-bond donors (Lipinski definition) is 2. The molecule has 6 heteroatoms. The maximum Gasteiger partial charge on any atom is 0.342 e. The Bertz CT molecular complexity index is 297. The van der Waals surface area contributed by atoms with Crippen molar-refractivity contribution in [1.29, 1.82) is 0 Å². The average Bonchev–Trinajstić information content (AvgIpc) is 2.55. The zero-order valence-corrected chi connectivity index (χ0v) is 14.5. The largest absolute Gasteiger partial charge is 0.342 e. The van der Waals surface area contributed by atoms with E-state index in [4.69, 9.17) is 10.5 Å². The highest BCUT2D eigenvalue weighted by molar-refractivity contribution is 5.73. The lowest BCUT2D eigenvalue weighted by molar-refractivity contribution is -0.241. The van der Waals surface area contributed by atoms with Gasteiger partial charge in [-0.3, -0.25) is 0 Å². The van der Waals surface area contributed by atoms with Gasteiger partial charge in [0.15, 0.2) is 0 Å². The Hall–Kier alpha value is -1.14. The van der Waals surface area contributed by atoms with E-state index in [2.05, 4.69) is 23.6 Å². The smallest absolute Gasteiger partial charge is 0.301 e. The third-order valence-corrected chi connectivity index (χ3v) is 4.36. The fourth-order valence-electron chi connectivity index (χ4n) is 3.07. The fraction of sp³-hybridized carbons (Fsp3) is 0.882. The quantitative estimate of drug-likeness (QED) is 0.271. The molecule has 2 N–H and O–H groups in total. The van der Waals surface area contributed by atoms with Gasteiger partial charge in [-0.15, -0.1) is 0 Å². The van der Waals surface area contributed by atoms with Crippen LogP contribution in [0.5, 0.6) is 0 Å². The maximum atomic E-state index is 11.6.